The molecule has 0 bridgehead atoms. The fourth-order valence-corrected chi connectivity index (χ4v) is 3.49. The van der Waals surface area contributed by atoms with Crippen molar-refractivity contribution in [1.29, 1.82) is 0 Å². The Hall–Kier alpha value is -2.45. The molecule has 0 unspecified atom stereocenters. The van der Waals surface area contributed by atoms with Crippen LogP contribution in [-0.4, -0.2) is 32.9 Å². The lowest BCUT2D eigenvalue weighted by atomic mass is 10.1. The Morgan fingerprint density at radius 2 is 2.04 bits per heavy atom. The molecule has 0 radical (unpaired) electrons. The molecule has 2 aromatic carbocycles. The number of halogens is 3. The van der Waals surface area contributed by atoms with Crippen molar-refractivity contribution in [3.05, 3.63) is 64.4 Å². The second-order valence-corrected chi connectivity index (χ2v) is 7.36. The minimum atomic E-state index is -3.00. The van der Waals surface area contributed by atoms with Crippen molar-refractivity contribution in [3.63, 3.8) is 0 Å². The summed E-state index contributed by atoms with van der Waals surface area (Å²) in [4.78, 5) is 12.6. The number of hydrogen-bond donors (Lipinski definition) is 0. The lowest BCUT2D eigenvalue weighted by molar-refractivity contribution is -0.0501. The van der Waals surface area contributed by atoms with E-state index in [0.29, 0.717) is 10.2 Å². The number of ketones is 1. The molecule has 0 spiro atoms. The van der Waals surface area contributed by atoms with E-state index in [1.807, 2.05) is 19.1 Å². The van der Waals surface area contributed by atoms with E-state index in [-0.39, 0.29) is 22.8 Å². The van der Waals surface area contributed by atoms with E-state index in [1.165, 1.54) is 18.5 Å². The zero-order valence-electron chi connectivity index (χ0n) is 15.0. The third-order valence-electron chi connectivity index (χ3n) is 3.93. The molecule has 1 aromatic heterocycles. The summed E-state index contributed by atoms with van der Waals surface area (Å²) >= 11 is 7.32. The average Bonchev–Trinajstić information content (AvgIpc) is 3.11. The number of rotatable bonds is 7. The molecule has 0 amide bonds. The van der Waals surface area contributed by atoms with Crippen LogP contribution in [-0.2, 0) is 0 Å². The van der Waals surface area contributed by atoms with Crippen molar-refractivity contribution in [1.82, 2.24) is 14.8 Å². The van der Waals surface area contributed by atoms with Gasteiger partial charge >= 0.3 is 6.61 Å². The predicted octanol–water partition coefficient (Wildman–Crippen LogP) is 5.11. The Labute approximate surface area is 169 Å². The number of carbonyl (C=O) groups excluding carboxylic acids is 1. The van der Waals surface area contributed by atoms with Gasteiger partial charge in [-0.1, -0.05) is 41.1 Å². The van der Waals surface area contributed by atoms with Crippen LogP contribution in [0.15, 0.2) is 47.9 Å². The number of benzene rings is 2. The molecule has 3 rings (SSSR count). The SMILES string of the molecule is Cc1ccc(OC(F)F)c(C(=O)CSc2nncn2-c2ccc(C)c(Cl)c2)c1. The largest absolute Gasteiger partial charge is 0.434 e. The molecule has 0 aliphatic carbocycles. The summed E-state index contributed by atoms with van der Waals surface area (Å²) in [6.07, 6.45) is 1.52. The monoisotopic (exact) mass is 423 g/mol. The number of ether oxygens (including phenoxy) is 1. The highest BCUT2D eigenvalue weighted by Crippen LogP contribution is 2.27. The van der Waals surface area contributed by atoms with Crippen molar-refractivity contribution in [3.8, 4) is 11.4 Å². The van der Waals surface area contributed by atoms with Crippen LogP contribution in [0.3, 0.4) is 0 Å². The number of carbonyl (C=O) groups is 1. The standard InChI is InChI=1S/C19H16ClF2N3O2S/c1-11-3-6-17(27-18(21)22)14(7-11)16(26)9-28-19-24-23-10-25(19)13-5-4-12(2)15(20)8-13/h3-8,10,18H,9H2,1-2H3. The summed E-state index contributed by atoms with van der Waals surface area (Å²) in [6, 6.07) is 10.0. The zero-order chi connectivity index (χ0) is 20.3. The third kappa shape index (κ3) is 4.69. The van der Waals surface area contributed by atoms with Gasteiger partial charge in [-0.05, 0) is 43.7 Å². The fraction of sp³-hybridized carbons (Fsp3) is 0.211. The first-order chi connectivity index (χ1) is 13.3. The second-order valence-electron chi connectivity index (χ2n) is 6.01. The number of Topliss-reactive ketones (excluding diaryl/α,β-unsaturated/α-hetero) is 1. The Kier molecular flexibility index (Phi) is 6.31. The smallest absolute Gasteiger partial charge is 0.387 e. The predicted molar refractivity (Wildman–Crippen MR) is 104 cm³/mol. The normalized spacial score (nSPS) is 11.1. The number of aryl methyl sites for hydroxylation is 2. The first kappa shape index (κ1) is 20.3. The van der Waals surface area contributed by atoms with Crippen LogP contribution in [0.4, 0.5) is 8.78 Å². The van der Waals surface area contributed by atoms with Crippen LogP contribution in [0.2, 0.25) is 5.02 Å². The van der Waals surface area contributed by atoms with Gasteiger partial charge in [0.15, 0.2) is 10.9 Å². The van der Waals surface area contributed by atoms with E-state index >= 15 is 0 Å². The maximum Gasteiger partial charge on any atom is 0.387 e. The number of hydrogen-bond acceptors (Lipinski definition) is 5. The van der Waals surface area contributed by atoms with E-state index in [1.54, 1.807) is 23.6 Å². The van der Waals surface area contributed by atoms with Crippen molar-refractivity contribution in [2.75, 3.05) is 5.75 Å². The molecule has 5 nitrogen and oxygen atoms in total. The summed E-state index contributed by atoms with van der Waals surface area (Å²) in [5, 5.41) is 9.00. The van der Waals surface area contributed by atoms with Crippen molar-refractivity contribution < 1.29 is 18.3 Å². The topological polar surface area (TPSA) is 57.0 Å². The van der Waals surface area contributed by atoms with Gasteiger partial charge in [-0.15, -0.1) is 10.2 Å². The molecule has 1 heterocycles. The van der Waals surface area contributed by atoms with E-state index in [4.69, 9.17) is 11.6 Å². The van der Waals surface area contributed by atoms with Crippen LogP contribution < -0.4 is 4.74 Å². The molecule has 0 atom stereocenters. The molecule has 146 valence electrons. The van der Waals surface area contributed by atoms with E-state index in [9.17, 15) is 13.6 Å². The molecule has 0 aliphatic heterocycles. The van der Waals surface area contributed by atoms with Gasteiger partial charge in [0.2, 0.25) is 0 Å². The molecular weight excluding hydrogens is 408 g/mol. The van der Waals surface area contributed by atoms with Crippen LogP contribution in [0.25, 0.3) is 5.69 Å². The van der Waals surface area contributed by atoms with Gasteiger partial charge in [0, 0.05) is 5.02 Å². The molecule has 9 heteroatoms. The first-order valence-corrected chi connectivity index (χ1v) is 9.59. The molecule has 0 N–H and O–H groups in total. The second kappa shape index (κ2) is 8.70. The van der Waals surface area contributed by atoms with Crippen LogP contribution in [0.5, 0.6) is 5.75 Å². The minimum absolute atomic E-state index is 0.0126. The highest BCUT2D eigenvalue weighted by Gasteiger charge is 2.18. The summed E-state index contributed by atoms with van der Waals surface area (Å²) in [5.74, 6) is -0.500. The first-order valence-electron chi connectivity index (χ1n) is 8.23. The number of alkyl halides is 2. The summed E-state index contributed by atoms with van der Waals surface area (Å²) in [5.41, 5.74) is 2.58. The number of thioether (sulfide) groups is 1. The van der Waals surface area contributed by atoms with Gasteiger partial charge in [0.05, 0.1) is 17.0 Å². The van der Waals surface area contributed by atoms with Crippen LogP contribution >= 0.6 is 23.4 Å². The average molecular weight is 424 g/mol. The summed E-state index contributed by atoms with van der Waals surface area (Å²) in [6.45, 7) is 0.665. The van der Waals surface area contributed by atoms with Gasteiger partial charge in [-0.2, -0.15) is 8.78 Å². The summed E-state index contributed by atoms with van der Waals surface area (Å²) in [7, 11) is 0. The Bertz CT molecular complexity index is 1010. The fourth-order valence-electron chi connectivity index (χ4n) is 2.50. The molecule has 0 saturated heterocycles. The van der Waals surface area contributed by atoms with E-state index in [2.05, 4.69) is 14.9 Å². The van der Waals surface area contributed by atoms with Gasteiger partial charge in [-0.3, -0.25) is 9.36 Å². The maximum atomic E-state index is 12.6. The summed E-state index contributed by atoms with van der Waals surface area (Å²) < 4.78 is 31.4. The Morgan fingerprint density at radius 1 is 1.25 bits per heavy atom. The Morgan fingerprint density at radius 3 is 2.75 bits per heavy atom. The van der Waals surface area contributed by atoms with Crippen LogP contribution in [0, 0.1) is 13.8 Å². The van der Waals surface area contributed by atoms with Crippen molar-refractivity contribution >= 4 is 29.1 Å². The Balaban J connectivity index is 1.79. The third-order valence-corrected chi connectivity index (χ3v) is 5.28. The van der Waals surface area contributed by atoms with Gasteiger partial charge in [0.1, 0.15) is 12.1 Å². The zero-order valence-corrected chi connectivity index (χ0v) is 16.6. The van der Waals surface area contributed by atoms with Gasteiger partial charge < -0.3 is 4.74 Å². The lowest BCUT2D eigenvalue weighted by Crippen LogP contribution is -2.10. The molecule has 28 heavy (non-hydrogen) atoms. The van der Waals surface area contributed by atoms with Gasteiger partial charge in [-0.25, -0.2) is 0 Å². The molecule has 3 aromatic rings. The highest BCUT2D eigenvalue weighted by atomic mass is 35.5. The molecule has 0 aliphatic rings. The van der Waals surface area contributed by atoms with E-state index in [0.717, 1.165) is 28.6 Å². The van der Waals surface area contributed by atoms with Crippen molar-refractivity contribution in [2.45, 2.75) is 25.6 Å². The molecule has 0 saturated carbocycles. The lowest BCUT2D eigenvalue weighted by Gasteiger charge is -2.11. The number of aromatic nitrogens is 3. The maximum absolute atomic E-state index is 12.6. The number of nitrogens with zero attached hydrogens (tertiary/aromatic N) is 3. The van der Waals surface area contributed by atoms with Crippen molar-refractivity contribution in [2.24, 2.45) is 0 Å². The minimum Gasteiger partial charge on any atom is -0.434 e. The van der Waals surface area contributed by atoms with Gasteiger partial charge in [0.25, 0.3) is 0 Å². The molecule has 0 fully saturated rings. The molecular formula is C19H16ClF2N3O2S. The highest BCUT2D eigenvalue weighted by molar-refractivity contribution is 7.99. The van der Waals surface area contributed by atoms with E-state index < -0.39 is 6.61 Å². The van der Waals surface area contributed by atoms with Crippen LogP contribution in [0.1, 0.15) is 21.5 Å². The quantitative estimate of drug-likeness (QED) is 0.390.